The van der Waals surface area contributed by atoms with Gasteiger partial charge in [0.05, 0.1) is 5.56 Å². The molecule has 0 saturated carbocycles. The Balaban J connectivity index is 2.57. The summed E-state index contributed by atoms with van der Waals surface area (Å²) in [5, 5.41) is 11.7. The minimum Gasteiger partial charge on any atom is -0.478 e. The molecule has 1 unspecified atom stereocenters. The van der Waals surface area contributed by atoms with Crippen LogP contribution in [-0.4, -0.2) is 23.5 Å². The zero-order valence-corrected chi connectivity index (χ0v) is 12.7. The summed E-state index contributed by atoms with van der Waals surface area (Å²) in [5.41, 5.74) is 7.18. The fourth-order valence-corrected chi connectivity index (χ4v) is 2.27. The Bertz CT molecular complexity index is 500. The molecular formula is C16H24N2O3. The van der Waals surface area contributed by atoms with Crippen LogP contribution in [0.3, 0.4) is 0 Å². The average Bonchev–Trinajstić information content (AvgIpc) is 2.45. The molecule has 0 spiro atoms. The number of nitrogens with two attached hydrogens (primary N) is 1. The van der Waals surface area contributed by atoms with Gasteiger partial charge in [0, 0.05) is 12.1 Å². The van der Waals surface area contributed by atoms with Gasteiger partial charge in [-0.15, -0.1) is 0 Å². The normalized spacial score (nSPS) is 12.0. The second-order valence-electron chi connectivity index (χ2n) is 5.27. The van der Waals surface area contributed by atoms with Gasteiger partial charge in [0.15, 0.2) is 0 Å². The number of nitrogens with one attached hydrogen (secondary N) is 1. The third-order valence-corrected chi connectivity index (χ3v) is 3.68. The maximum Gasteiger partial charge on any atom is 0.335 e. The zero-order valence-electron chi connectivity index (χ0n) is 12.7. The van der Waals surface area contributed by atoms with Gasteiger partial charge >= 0.3 is 5.97 Å². The summed E-state index contributed by atoms with van der Waals surface area (Å²) in [6.07, 6.45) is 3.25. The average molecular weight is 292 g/mol. The molecule has 0 aliphatic heterocycles. The molecule has 0 aliphatic rings. The van der Waals surface area contributed by atoms with Gasteiger partial charge in [-0.2, -0.15) is 0 Å². The van der Waals surface area contributed by atoms with Crippen molar-refractivity contribution in [2.45, 2.75) is 39.5 Å². The summed E-state index contributed by atoms with van der Waals surface area (Å²) in [5.74, 6) is -0.531. The first-order valence-electron chi connectivity index (χ1n) is 7.31. The summed E-state index contributed by atoms with van der Waals surface area (Å²) in [7, 11) is 0. The first kappa shape index (κ1) is 17.2. The lowest BCUT2D eigenvalue weighted by Crippen LogP contribution is -2.15. The van der Waals surface area contributed by atoms with Gasteiger partial charge in [0.1, 0.15) is 0 Å². The van der Waals surface area contributed by atoms with Crippen LogP contribution in [0.25, 0.3) is 0 Å². The van der Waals surface area contributed by atoms with Gasteiger partial charge in [0.25, 0.3) is 0 Å². The molecule has 116 valence electrons. The van der Waals surface area contributed by atoms with Crippen LogP contribution in [0.5, 0.6) is 0 Å². The highest BCUT2D eigenvalue weighted by atomic mass is 16.4. The molecule has 4 N–H and O–H groups in total. The van der Waals surface area contributed by atoms with E-state index in [-0.39, 0.29) is 11.5 Å². The monoisotopic (exact) mass is 292 g/mol. The molecule has 1 aromatic rings. The Hall–Kier alpha value is -1.88. The van der Waals surface area contributed by atoms with Crippen molar-refractivity contribution in [1.82, 2.24) is 0 Å². The van der Waals surface area contributed by atoms with Crippen LogP contribution >= 0.6 is 0 Å². The third-order valence-electron chi connectivity index (χ3n) is 3.68. The van der Waals surface area contributed by atoms with Crippen LogP contribution in [0.15, 0.2) is 18.2 Å². The Morgan fingerprint density at radius 1 is 1.33 bits per heavy atom. The first-order valence-corrected chi connectivity index (χ1v) is 7.31. The molecule has 0 bridgehead atoms. The highest BCUT2D eigenvalue weighted by Gasteiger charge is 2.11. The van der Waals surface area contributed by atoms with Crippen molar-refractivity contribution in [3.63, 3.8) is 0 Å². The van der Waals surface area contributed by atoms with Crippen molar-refractivity contribution in [3.05, 3.63) is 29.3 Å². The number of carboxylic acid groups (broad SMARTS) is 1. The smallest absolute Gasteiger partial charge is 0.335 e. The molecule has 1 rings (SSSR count). The zero-order chi connectivity index (χ0) is 15.8. The minimum atomic E-state index is -0.969. The van der Waals surface area contributed by atoms with E-state index in [2.05, 4.69) is 12.2 Å². The largest absolute Gasteiger partial charge is 0.478 e. The van der Waals surface area contributed by atoms with Crippen LogP contribution in [0, 0.1) is 12.8 Å². The number of carboxylic acids is 1. The Kier molecular flexibility index (Phi) is 6.88. The van der Waals surface area contributed by atoms with E-state index < -0.39 is 5.97 Å². The fraction of sp³-hybridized carbons (Fsp3) is 0.500. The molecule has 0 radical (unpaired) electrons. The predicted octanol–water partition coefficient (Wildman–Crippen LogP) is 2.79. The molecule has 0 aliphatic carbocycles. The number of rotatable bonds is 8. The summed E-state index contributed by atoms with van der Waals surface area (Å²) in [6, 6.07) is 4.68. The summed E-state index contributed by atoms with van der Waals surface area (Å²) in [6.45, 7) is 4.54. The number of carbonyl (C=O) groups is 2. The van der Waals surface area contributed by atoms with Crippen molar-refractivity contribution in [2.75, 3.05) is 11.9 Å². The molecular weight excluding hydrogens is 268 g/mol. The van der Waals surface area contributed by atoms with Crippen LogP contribution in [0.2, 0.25) is 0 Å². The number of anilines is 1. The lowest BCUT2D eigenvalue weighted by Gasteiger charge is -2.14. The lowest BCUT2D eigenvalue weighted by molar-refractivity contribution is -0.116. The maximum absolute atomic E-state index is 11.9. The summed E-state index contributed by atoms with van der Waals surface area (Å²) < 4.78 is 0. The van der Waals surface area contributed by atoms with Gasteiger partial charge < -0.3 is 16.2 Å². The van der Waals surface area contributed by atoms with Crippen LogP contribution in [0.1, 0.15) is 48.5 Å². The highest BCUT2D eigenvalue weighted by molar-refractivity contribution is 5.93. The SMILES string of the molecule is CCC(CCN)CCC(=O)Nc1ccc(C(=O)O)cc1C. The molecule has 5 nitrogen and oxygen atoms in total. The van der Waals surface area contributed by atoms with Gasteiger partial charge in [-0.3, -0.25) is 4.79 Å². The van der Waals surface area contributed by atoms with E-state index in [1.165, 1.54) is 6.07 Å². The number of hydrogen-bond donors (Lipinski definition) is 3. The van der Waals surface area contributed by atoms with Gasteiger partial charge in [-0.05, 0) is 56.0 Å². The molecule has 0 heterocycles. The van der Waals surface area contributed by atoms with E-state index >= 15 is 0 Å². The molecule has 1 amide bonds. The number of aryl methyl sites for hydroxylation is 1. The quantitative estimate of drug-likeness (QED) is 0.687. The van der Waals surface area contributed by atoms with E-state index in [0.717, 1.165) is 24.8 Å². The number of benzene rings is 1. The predicted molar refractivity (Wildman–Crippen MR) is 83.5 cm³/mol. The number of carbonyl (C=O) groups excluding carboxylic acids is 1. The number of amides is 1. The lowest BCUT2D eigenvalue weighted by atomic mass is 9.96. The summed E-state index contributed by atoms with van der Waals surface area (Å²) in [4.78, 5) is 22.8. The second kappa shape index (κ2) is 8.42. The summed E-state index contributed by atoms with van der Waals surface area (Å²) >= 11 is 0. The first-order chi connectivity index (χ1) is 9.97. The minimum absolute atomic E-state index is 0.0448. The maximum atomic E-state index is 11.9. The van der Waals surface area contributed by atoms with Crippen molar-refractivity contribution in [2.24, 2.45) is 11.7 Å². The number of hydrogen-bond acceptors (Lipinski definition) is 3. The highest BCUT2D eigenvalue weighted by Crippen LogP contribution is 2.19. The Labute approximate surface area is 125 Å². The van der Waals surface area contributed by atoms with Gasteiger partial charge in [0.2, 0.25) is 5.91 Å². The molecule has 0 saturated heterocycles. The fourth-order valence-electron chi connectivity index (χ4n) is 2.27. The molecule has 0 aromatic heterocycles. The van der Waals surface area contributed by atoms with Crippen LogP contribution < -0.4 is 11.1 Å². The van der Waals surface area contributed by atoms with E-state index in [1.807, 2.05) is 0 Å². The second-order valence-corrected chi connectivity index (χ2v) is 5.27. The van der Waals surface area contributed by atoms with E-state index in [9.17, 15) is 9.59 Å². The van der Waals surface area contributed by atoms with Crippen molar-refractivity contribution >= 4 is 17.6 Å². The standard InChI is InChI=1S/C16H24N2O3/c1-3-12(8-9-17)4-7-15(19)18-14-6-5-13(16(20)21)10-11(14)2/h5-6,10,12H,3-4,7-9,17H2,1-2H3,(H,18,19)(H,20,21). The Morgan fingerprint density at radius 2 is 2.05 bits per heavy atom. The number of aromatic carboxylic acids is 1. The van der Waals surface area contributed by atoms with Crippen molar-refractivity contribution < 1.29 is 14.7 Å². The topological polar surface area (TPSA) is 92.4 Å². The molecule has 1 aromatic carbocycles. The van der Waals surface area contributed by atoms with Crippen molar-refractivity contribution in [1.29, 1.82) is 0 Å². The van der Waals surface area contributed by atoms with Crippen LogP contribution in [-0.2, 0) is 4.79 Å². The molecule has 1 atom stereocenters. The van der Waals surface area contributed by atoms with E-state index in [0.29, 0.717) is 24.6 Å². The molecule has 5 heteroatoms. The molecule has 0 fully saturated rings. The Morgan fingerprint density at radius 3 is 2.57 bits per heavy atom. The van der Waals surface area contributed by atoms with Crippen LogP contribution in [0.4, 0.5) is 5.69 Å². The van der Waals surface area contributed by atoms with E-state index in [1.54, 1.807) is 19.1 Å². The van der Waals surface area contributed by atoms with Gasteiger partial charge in [-0.1, -0.05) is 13.3 Å². The molecule has 21 heavy (non-hydrogen) atoms. The van der Waals surface area contributed by atoms with Crippen molar-refractivity contribution in [3.8, 4) is 0 Å². The van der Waals surface area contributed by atoms with E-state index in [4.69, 9.17) is 10.8 Å². The van der Waals surface area contributed by atoms with Gasteiger partial charge in [-0.25, -0.2) is 4.79 Å². The third kappa shape index (κ3) is 5.55.